The van der Waals surface area contributed by atoms with Crippen LogP contribution in [0.3, 0.4) is 0 Å². The van der Waals surface area contributed by atoms with Crippen LogP contribution in [0.1, 0.15) is 16.8 Å². The quantitative estimate of drug-likeness (QED) is 0.784. The van der Waals surface area contributed by atoms with Crippen molar-refractivity contribution in [1.82, 2.24) is 14.7 Å². The fourth-order valence-electron chi connectivity index (χ4n) is 3.44. The van der Waals surface area contributed by atoms with Crippen molar-refractivity contribution in [3.05, 3.63) is 41.2 Å². The van der Waals surface area contributed by atoms with Crippen LogP contribution in [-0.4, -0.2) is 52.4 Å². The maximum absolute atomic E-state index is 12.7. The average Bonchev–Trinajstić information content (AvgIpc) is 3.09. The van der Waals surface area contributed by atoms with Gasteiger partial charge in [0.15, 0.2) is 0 Å². The van der Waals surface area contributed by atoms with Crippen LogP contribution < -0.4 is 4.90 Å². The molecule has 1 aromatic carbocycles. The number of aryl methyl sites for hydroxylation is 2. The molecule has 0 aliphatic carbocycles. The van der Waals surface area contributed by atoms with Gasteiger partial charge in [-0.1, -0.05) is 12.1 Å². The van der Waals surface area contributed by atoms with Crippen LogP contribution in [0.25, 0.3) is 5.69 Å². The van der Waals surface area contributed by atoms with E-state index in [0.29, 0.717) is 18.8 Å². The number of urea groups is 1. The van der Waals surface area contributed by atoms with Crippen molar-refractivity contribution in [2.45, 2.75) is 26.8 Å². The minimum atomic E-state index is -0.523. The van der Waals surface area contributed by atoms with Crippen molar-refractivity contribution in [3.63, 3.8) is 0 Å². The second kappa shape index (κ2) is 5.70. The van der Waals surface area contributed by atoms with Gasteiger partial charge >= 0.3 is 6.03 Å². The highest BCUT2D eigenvalue weighted by Crippen LogP contribution is 2.30. The lowest BCUT2D eigenvalue weighted by atomic mass is 10.1. The molecule has 0 radical (unpaired) electrons. The smallest absolute Gasteiger partial charge is 0.332 e. The zero-order valence-electron chi connectivity index (χ0n) is 14.5. The Bertz CT molecular complexity index is 849. The Kier molecular flexibility index (Phi) is 3.61. The Morgan fingerprint density at radius 1 is 1.16 bits per heavy atom. The topological polar surface area (TPSA) is 67.7 Å². The Hall–Kier alpha value is -2.67. The number of morpholine rings is 1. The maximum Gasteiger partial charge on any atom is 0.332 e. The molecule has 130 valence electrons. The Labute approximate surface area is 145 Å². The van der Waals surface area contributed by atoms with Crippen LogP contribution in [-0.2, 0) is 9.53 Å². The summed E-state index contributed by atoms with van der Waals surface area (Å²) in [5.74, 6) is -0.242. The fourth-order valence-corrected chi connectivity index (χ4v) is 3.44. The highest BCUT2D eigenvalue weighted by molar-refractivity contribution is 6.21. The molecule has 1 atom stereocenters. The van der Waals surface area contributed by atoms with Gasteiger partial charge in [-0.2, -0.15) is 5.10 Å². The van der Waals surface area contributed by atoms with Crippen LogP contribution >= 0.6 is 0 Å². The monoisotopic (exact) mass is 340 g/mol. The predicted octanol–water partition coefficient (Wildman–Crippen LogP) is 1.96. The van der Waals surface area contributed by atoms with Gasteiger partial charge in [0.05, 0.1) is 36.5 Å². The number of rotatable bonds is 2. The molecule has 2 aliphatic heterocycles. The lowest BCUT2D eigenvalue weighted by molar-refractivity contribution is -0.123. The minimum Gasteiger partial charge on any atom is -0.377 e. The molecular weight excluding hydrogens is 320 g/mol. The first-order valence-corrected chi connectivity index (χ1v) is 8.33. The Balaban J connectivity index is 1.75. The second-order valence-corrected chi connectivity index (χ2v) is 6.56. The van der Waals surface area contributed by atoms with Crippen molar-refractivity contribution in [1.29, 1.82) is 0 Å². The van der Waals surface area contributed by atoms with Gasteiger partial charge in [0.25, 0.3) is 5.91 Å². The number of anilines is 1. The van der Waals surface area contributed by atoms with Gasteiger partial charge in [0.2, 0.25) is 0 Å². The lowest BCUT2D eigenvalue weighted by Gasteiger charge is -2.26. The van der Waals surface area contributed by atoms with Crippen LogP contribution in [0.2, 0.25) is 0 Å². The van der Waals surface area contributed by atoms with E-state index in [1.165, 1.54) is 4.90 Å². The van der Waals surface area contributed by atoms with Crippen molar-refractivity contribution >= 4 is 17.6 Å². The molecule has 2 fully saturated rings. The number of aromatic nitrogens is 2. The number of ether oxygens (including phenoxy) is 1. The Morgan fingerprint density at radius 2 is 1.96 bits per heavy atom. The van der Waals surface area contributed by atoms with Crippen molar-refractivity contribution < 1.29 is 14.3 Å². The summed E-state index contributed by atoms with van der Waals surface area (Å²) < 4.78 is 7.14. The third-order valence-corrected chi connectivity index (χ3v) is 4.89. The van der Waals surface area contributed by atoms with Gasteiger partial charge in [-0.3, -0.25) is 4.79 Å². The summed E-state index contributed by atoms with van der Waals surface area (Å²) in [5, 5.41) is 4.44. The largest absolute Gasteiger partial charge is 0.377 e. The van der Waals surface area contributed by atoms with Crippen molar-refractivity contribution in [2.24, 2.45) is 0 Å². The van der Waals surface area contributed by atoms with Gasteiger partial charge in [0, 0.05) is 6.54 Å². The summed E-state index contributed by atoms with van der Waals surface area (Å²) in [6.07, 6.45) is 1.59. The standard InChI is InChI=1S/C18H20N4O3/c1-11-4-5-12(2)14(8-11)22-13(3)15(9-19-22)21-17(23)16-10-25-7-6-20(16)18(21)24/h4-5,8-9,16H,6-7,10H2,1-3H3. The fraction of sp³-hybridized carbons (Fsp3) is 0.389. The molecule has 3 heterocycles. The molecule has 2 saturated heterocycles. The summed E-state index contributed by atoms with van der Waals surface area (Å²) in [6.45, 7) is 7.07. The normalized spacial score (nSPS) is 20.4. The number of benzene rings is 1. The lowest BCUT2D eigenvalue weighted by Crippen LogP contribution is -2.45. The van der Waals surface area contributed by atoms with Gasteiger partial charge < -0.3 is 9.64 Å². The van der Waals surface area contributed by atoms with E-state index in [1.807, 2.05) is 39.0 Å². The molecule has 7 heteroatoms. The number of carbonyl (C=O) groups is 2. The van der Waals surface area contributed by atoms with Crippen molar-refractivity contribution in [3.8, 4) is 5.69 Å². The molecule has 7 nitrogen and oxygen atoms in total. The maximum atomic E-state index is 12.7. The zero-order chi connectivity index (χ0) is 17.7. The molecule has 0 saturated carbocycles. The van der Waals surface area contributed by atoms with Crippen LogP contribution in [0.4, 0.5) is 10.5 Å². The Morgan fingerprint density at radius 3 is 2.72 bits per heavy atom. The third-order valence-electron chi connectivity index (χ3n) is 4.89. The molecule has 3 amide bonds. The van der Waals surface area contributed by atoms with Gasteiger partial charge in [-0.15, -0.1) is 0 Å². The number of fused-ring (bicyclic) bond motifs is 1. The van der Waals surface area contributed by atoms with Gasteiger partial charge in [-0.25, -0.2) is 14.4 Å². The number of nitrogens with zero attached hydrogens (tertiary/aromatic N) is 4. The molecule has 2 aliphatic rings. The average molecular weight is 340 g/mol. The molecule has 2 aromatic rings. The third kappa shape index (κ3) is 2.34. The van der Waals surface area contributed by atoms with E-state index in [-0.39, 0.29) is 18.5 Å². The first-order valence-electron chi connectivity index (χ1n) is 8.33. The SMILES string of the molecule is Cc1ccc(C)c(-n2ncc(N3C(=O)C4COCCN4C3=O)c2C)c1. The molecule has 0 bridgehead atoms. The zero-order valence-corrected chi connectivity index (χ0v) is 14.5. The van der Waals surface area contributed by atoms with E-state index in [9.17, 15) is 9.59 Å². The molecular formula is C18H20N4O3. The summed E-state index contributed by atoms with van der Waals surface area (Å²) in [5.41, 5.74) is 4.44. The van der Waals surface area contributed by atoms with Crippen LogP contribution in [0, 0.1) is 20.8 Å². The van der Waals surface area contributed by atoms with E-state index in [2.05, 4.69) is 5.10 Å². The molecule has 4 rings (SSSR count). The highest BCUT2D eigenvalue weighted by Gasteiger charge is 2.48. The summed E-state index contributed by atoms with van der Waals surface area (Å²) in [4.78, 5) is 28.2. The second-order valence-electron chi connectivity index (χ2n) is 6.56. The number of imide groups is 1. The highest BCUT2D eigenvalue weighted by atomic mass is 16.5. The summed E-state index contributed by atoms with van der Waals surface area (Å²) >= 11 is 0. The molecule has 1 unspecified atom stereocenters. The van der Waals surface area contributed by atoms with E-state index < -0.39 is 6.04 Å². The van der Waals surface area contributed by atoms with Gasteiger partial charge in [-0.05, 0) is 38.0 Å². The van der Waals surface area contributed by atoms with E-state index in [0.717, 1.165) is 22.5 Å². The minimum absolute atomic E-state index is 0.242. The first-order chi connectivity index (χ1) is 12.0. The number of amides is 3. The van der Waals surface area contributed by atoms with Crippen LogP contribution in [0.15, 0.2) is 24.4 Å². The number of hydrogen-bond donors (Lipinski definition) is 0. The van der Waals surface area contributed by atoms with E-state index in [4.69, 9.17) is 4.74 Å². The molecule has 0 spiro atoms. The van der Waals surface area contributed by atoms with E-state index in [1.54, 1.807) is 15.8 Å². The number of carbonyl (C=O) groups excluding carboxylic acids is 2. The van der Waals surface area contributed by atoms with Gasteiger partial charge in [0.1, 0.15) is 6.04 Å². The summed E-state index contributed by atoms with van der Waals surface area (Å²) in [7, 11) is 0. The predicted molar refractivity (Wildman–Crippen MR) is 92.0 cm³/mol. The first kappa shape index (κ1) is 15.8. The van der Waals surface area contributed by atoms with Crippen LogP contribution in [0.5, 0.6) is 0 Å². The van der Waals surface area contributed by atoms with Crippen molar-refractivity contribution in [2.75, 3.05) is 24.7 Å². The van der Waals surface area contributed by atoms with E-state index >= 15 is 0 Å². The molecule has 1 aromatic heterocycles. The molecule has 25 heavy (non-hydrogen) atoms. The molecule has 0 N–H and O–H groups in total. The number of hydrogen-bond acceptors (Lipinski definition) is 4. The summed E-state index contributed by atoms with van der Waals surface area (Å²) in [6, 6.07) is 5.31.